The van der Waals surface area contributed by atoms with E-state index in [-0.39, 0.29) is 0 Å². The Labute approximate surface area is 148 Å². The van der Waals surface area contributed by atoms with Crippen LogP contribution in [0.25, 0.3) is 12.2 Å². The van der Waals surface area contributed by atoms with Crippen molar-refractivity contribution < 1.29 is 18.9 Å². The van der Waals surface area contributed by atoms with Gasteiger partial charge in [0.15, 0.2) is 23.0 Å². The SMILES string of the molecule is CCOc1cccc2c1OCC(/C=C\c1ccc(OC)c(OC)c1)=C2. The highest BCUT2D eigenvalue weighted by Gasteiger charge is 2.14. The largest absolute Gasteiger partial charge is 0.493 e. The van der Waals surface area contributed by atoms with Gasteiger partial charge in [0, 0.05) is 5.56 Å². The van der Waals surface area contributed by atoms with Gasteiger partial charge in [-0.1, -0.05) is 30.4 Å². The van der Waals surface area contributed by atoms with Crippen molar-refractivity contribution in [1.82, 2.24) is 0 Å². The molecule has 0 N–H and O–H groups in total. The highest BCUT2D eigenvalue weighted by atomic mass is 16.5. The average molecular weight is 338 g/mol. The molecule has 0 bridgehead atoms. The monoisotopic (exact) mass is 338 g/mol. The lowest BCUT2D eigenvalue weighted by atomic mass is 10.1. The zero-order chi connectivity index (χ0) is 17.6. The molecule has 4 heteroatoms. The lowest BCUT2D eigenvalue weighted by Gasteiger charge is -2.19. The maximum Gasteiger partial charge on any atom is 0.168 e. The lowest BCUT2D eigenvalue weighted by Crippen LogP contribution is -2.07. The molecule has 1 aliphatic rings. The Morgan fingerprint density at radius 3 is 2.60 bits per heavy atom. The molecule has 0 unspecified atom stereocenters. The van der Waals surface area contributed by atoms with E-state index in [1.807, 2.05) is 49.4 Å². The van der Waals surface area contributed by atoms with Crippen molar-refractivity contribution in [2.24, 2.45) is 0 Å². The normalized spacial score (nSPS) is 13.0. The molecular formula is C21H22O4. The summed E-state index contributed by atoms with van der Waals surface area (Å²) in [5.41, 5.74) is 3.16. The molecule has 0 saturated carbocycles. The highest BCUT2D eigenvalue weighted by molar-refractivity contribution is 5.70. The summed E-state index contributed by atoms with van der Waals surface area (Å²) >= 11 is 0. The Balaban J connectivity index is 1.82. The van der Waals surface area contributed by atoms with Gasteiger partial charge in [0.1, 0.15) is 6.61 Å². The van der Waals surface area contributed by atoms with Crippen molar-refractivity contribution in [1.29, 1.82) is 0 Å². The molecule has 1 heterocycles. The molecule has 0 aliphatic carbocycles. The van der Waals surface area contributed by atoms with E-state index >= 15 is 0 Å². The maximum atomic E-state index is 5.90. The van der Waals surface area contributed by atoms with E-state index in [0.29, 0.717) is 19.0 Å². The summed E-state index contributed by atoms with van der Waals surface area (Å²) in [5.74, 6) is 3.04. The van der Waals surface area contributed by atoms with Gasteiger partial charge in [-0.05, 0) is 42.3 Å². The first kappa shape index (κ1) is 17.0. The summed E-state index contributed by atoms with van der Waals surface area (Å²) in [7, 11) is 3.27. The van der Waals surface area contributed by atoms with Crippen LogP contribution in [0.1, 0.15) is 18.1 Å². The van der Waals surface area contributed by atoms with Crippen LogP contribution in [0.2, 0.25) is 0 Å². The molecule has 0 amide bonds. The van der Waals surface area contributed by atoms with Crippen LogP contribution >= 0.6 is 0 Å². The fourth-order valence-electron chi connectivity index (χ4n) is 2.72. The van der Waals surface area contributed by atoms with Gasteiger partial charge in [0.25, 0.3) is 0 Å². The van der Waals surface area contributed by atoms with E-state index in [1.165, 1.54) is 0 Å². The number of ether oxygens (including phenoxy) is 4. The third kappa shape index (κ3) is 3.79. The number of methoxy groups -OCH3 is 2. The van der Waals surface area contributed by atoms with Crippen LogP contribution in [0.3, 0.4) is 0 Å². The molecule has 4 nitrogen and oxygen atoms in total. The second kappa shape index (κ2) is 7.79. The minimum Gasteiger partial charge on any atom is -0.493 e. The molecule has 2 aromatic rings. The van der Waals surface area contributed by atoms with Crippen molar-refractivity contribution in [3.05, 3.63) is 59.2 Å². The smallest absolute Gasteiger partial charge is 0.168 e. The second-order valence-electron chi connectivity index (χ2n) is 5.56. The third-order valence-corrected chi connectivity index (χ3v) is 3.93. The van der Waals surface area contributed by atoms with Gasteiger partial charge in [-0.15, -0.1) is 0 Å². The molecule has 0 aromatic heterocycles. The van der Waals surface area contributed by atoms with Crippen LogP contribution in [-0.4, -0.2) is 27.4 Å². The number of benzene rings is 2. The van der Waals surface area contributed by atoms with Gasteiger partial charge >= 0.3 is 0 Å². The van der Waals surface area contributed by atoms with Crippen molar-refractivity contribution >= 4 is 12.2 Å². The molecule has 130 valence electrons. The molecular weight excluding hydrogens is 316 g/mol. The first-order valence-electron chi connectivity index (χ1n) is 8.24. The fraction of sp³-hybridized carbons (Fsp3) is 0.238. The molecule has 1 aliphatic heterocycles. The van der Waals surface area contributed by atoms with Crippen molar-refractivity contribution in [2.45, 2.75) is 6.92 Å². The van der Waals surface area contributed by atoms with Crippen LogP contribution in [0, 0.1) is 0 Å². The number of rotatable bonds is 6. The molecule has 25 heavy (non-hydrogen) atoms. The van der Waals surface area contributed by atoms with E-state index < -0.39 is 0 Å². The first-order chi connectivity index (χ1) is 12.2. The zero-order valence-corrected chi connectivity index (χ0v) is 14.7. The number of para-hydroxylation sites is 1. The molecule has 3 rings (SSSR count). The summed E-state index contributed by atoms with van der Waals surface area (Å²) in [4.78, 5) is 0. The van der Waals surface area contributed by atoms with E-state index in [2.05, 4.69) is 12.2 Å². The standard InChI is InChI=1S/C21H22O4/c1-4-24-19-7-5-6-17-12-16(14-25-21(17)19)9-8-15-10-11-18(22-2)20(13-15)23-3/h5-13H,4,14H2,1-3H3/b9-8-. The molecule has 0 atom stereocenters. The summed E-state index contributed by atoms with van der Waals surface area (Å²) in [6.45, 7) is 3.10. The van der Waals surface area contributed by atoms with E-state index in [4.69, 9.17) is 18.9 Å². The minimum atomic E-state index is 0.515. The second-order valence-corrected chi connectivity index (χ2v) is 5.56. The quantitative estimate of drug-likeness (QED) is 0.772. The summed E-state index contributed by atoms with van der Waals surface area (Å²) in [6, 6.07) is 11.8. The van der Waals surface area contributed by atoms with E-state index in [1.54, 1.807) is 14.2 Å². The van der Waals surface area contributed by atoms with Gasteiger partial charge < -0.3 is 18.9 Å². The molecule has 0 fully saturated rings. The molecule has 0 radical (unpaired) electrons. The molecule has 0 saturated heterocycles. The fourth-order valence-corrected chi connectivity index (χ4v) is 2.72. The number of fused-ring (bicyclic) bond motifs is 1. The van der Waals surface area contributed by atoms with Crippen molar-refractivity contribution in [3.8, 4) is 23.0 Å². The number of hydrogen-bond donors (Lipinski definition) is 0. The van der Waals surface area contributed by atoms with Crippen LogP contribution in [-0.2, 0) is 0 Å². The minimum absolute atomic E-state index is 0.515. The number of hydrogen-bond acceptors (Lipinski definition) is 4. The zero-order valence-electron chi connectivity index (χ0n) is 14.7. The topological polar surface area (TPSA) is 36.9 Å². The first-order valence-corrected chi connectivity index (χ1v) is 8.24. The predicted molar refractivity (Wildman–Crippen MR) is 99.7 cm³/mol. The van der Waals surface area contributed by atoms with Crippen LogP contribution in [0.5, 0.6) is 23.0 Å². The Hall–Kier alpha value is -2.88. The van der Waals surface area contributed by atoms with Crippen LogP contribution < -0.4 is 18.9 Å². The summed E-state index contributed by atoms with van der Waals surface area (Å²) < 4.78 is 22.1. The Kier molecular flexibility index (Phi) is 5.29. The van der Waals surface area contributed by atoms with Gasteiger partial charge in [-0.2, -0.15) is 0 Å². The lowest BCUT2D eigenvalue weighted by molar-refractivity contribution is 0.292. The predicted octanol–water partition coefficient (Wildman–Crippen LogP) is 4.59. The van der Waals surface area contributed by atoms with Crippen LogP contribution in [0.4, 0.5) is 0 Å². The third-order valence-electron chi connectivity index (χ3n) is 3.93. The van der Waals surface area contributed by atoms with Crippen molar-refractivity contribution in [3.63, 3.8) is 0 Å². The van der Waals surface area contributed by atoms with E-state index in [0.717, 1.165) is 33.9 Å². The Bertz CT molecular complexity index is 806. The Morgan fingerprint density at radius 2 is 1.84 bits per heavy atom. The summed E-state index contributed by atoms with van der Waals surface area (Å²) in [6.07, 6.45) is 6.21. The average Bonchev–Trinajstić information content (AvgIpc) is 2.66. The summed E-state index contributed by atoms with van der Waals surface area (Å²) in [5, 5.41) is 0. The molecule has 0 spiro atoms. The highest BCUT2D eigenvalue weighted by Crippen LogP contribution is 2.36. The molecule has 2 aromatic carbocycles. The van der Waals surface area contributed by atoms with E-state index in [9.17, 15) is 0 Å². The van der Waals surface area contributed by atoms with Gasteiger partial charge in [-0.3, -0.25) is 0 Å². The van der Waals surface area contributed by atoms with Gasteiger partial charge in [0.2, 0.25) is 0 Å². The van der Waals surface area contributed by atoms with Gasteiger partial charge in [-0.25, -0.2) is 0 Å². The van der Waals surface area contributed by atoms with Gasteiger partial charge in [0.05, 0.1) is 20.8 Å². The Morgan fingerprint density at radius 1 is 1.00 bits per heavy atom. The van der Waals surface area contributed by atoms with Crippen LogP contribution in [0.15, 0.2) is 48.0 Å². The maximum absolute atomic E-state index is 5.90. The van der Waals surface area contributed by atoms with Crippen molar-refractivity contribution in [2.75, 3.05) is 27.4 Å².